The average molecular weight is 488 g/mol. The first-order chi connectivity index (χ1) is 11.8. The number of thioether (sulfide) groups is 1. The monoisotopic (exact) mass is 485 g/mol. The molecule has 0 spiro atoms. The van der Waals surface area contributed by atoms with Crippen molar-refractivity contribution in [3.63, 3.8) is 0 Å². The Morgan fingerprint density at radius 2 is 1.58 bits per heavy atom. The molecule has 0 bridgehead atoms. The molecule has 13 heteroatoms. The van der Waals surface area contributed by atoms with E-state index in [1.807, 2.05) is 0 Å². The highest BCUT2D eigenvalue weighted by Gasteiger charge is 2.35. The SMILES string of the molecule is N#Cc1c(SC(F)(Cl)Cl)c(N)n(-c2c(Cl)cc(C(F)(F)F)cc2Cl)c1Cl. The molecule has 0 aliphatic rings. The van der Waals surface area contributed by atoms with Crippen LogP contribution in [0.1, 0.15) is 11.1 Å². The van der Waals surface area contributed by atoms with E-state index in [-0.39, 0.29) is 38.9 Å². The summed E-state index contributed by atoms with van der Waals surface area (Å²) in [5.74, 6) is -0.330. The van der Waals surface area contributed by atoms with Gasteiger partial charge in [-0.1, -0.05) is 58.0 Å². The summed E-state index contributed by atoms with van der Waals surface area (Å²) in [6.45, 7) is 0. The van der Waals surface area contributed by atoms with Gasteiger partial charge in [0.25, 0.3) is 0 Å². The molecule has 0 aliphatic carbocycles. The Labute approximate surface area is 173 Å². The Morgan fingerprint density at radius 3 is 1.96 bits per heavy atom. The van der Waals surface area contributed by atoms with Gasteiger partial charge in [-0.3, -0.25) is 4.57 Å². The summed E-state index contributed by atoms with van der Waals surface area (Å²) in [4.78, 5) is -0.225. The molecule has 2 rings (SSSR count). The van der Waals surface area contributed by atoms with E-state index in [1.54, 1.807) is 6.07 Å². The van der Waals surface area contributed by atoms with Crippen molar-refractivity contribution >= 4 is 75.6 Å². The zero-order valence-electron chi connectivity index (χ0n) is 11.9. The molecule has 0 saturated carbocycles. The van der Waals surface area contributed by atoms with Crippen molar-refractivity contribution in [3.8, 4) is 11.8 Å². The fourth-order valence-electron chi connectivity index (χ4n) is 2.02. The van der Waals surface area contributed by atoms with E-state index < -0.39 is 25.7 Å². The van der Waals surface area contributed by atoms with Crippen molar-refractivity contribution < 1.29 is 17.6 Å². The van der Waals surface area contributed by atoms with Gasteiger partial charge in [-0.2, -0.15) is 22.8 Å². The van der Waals surface area contributed by atoms with Gasteiger partial charge >= 0.3 is 10.1 Å². The van der Waals surface area contributed by atoms with E-state index in [9.17, 15) is 22.8 Å². The van der Waals surface area contributed by atoms with E-state index >= 15 is 0 Å². The third-order valence-electron chi connectivity index (χ3n) is 3.00. The lowest BCUT2D eigenvalue weighted by molar-refractivity contribution is -0.137. The van der Waals surface area contributed by atoms with Gasteiger partial charge in [-0.15, -0.1) is 0 Å². The molecule has 0 fully saturated rings. The first-order valence-electron chi connectivity index (χ1n) is 6.20. The lowest BCUT2D eigenvalue weighted by atomic mass is 10.2. The highest BCUT2D eigenvalue weighted by molar-refractivity contribution is 8.03. The largest absolute Gasteiger partial charge is 0.416 e. The lowest BCUT2D eigenvalue weighted by Gasteiger charge is -2.15. The predicted molar refractivity (Wildman–Crippen MR) is 96.3 cm³/mol. The molecular formula is C13H4Cl5F4N3S. The van der Waals surface area contributed by atoms with Gasteiger partial charge in [0.05, 0.1) is 26.2 Å². The van der Waals surface area contributed by atoms with Crippen LogP contribution in [0.25, 0.3) is 5.69 Å². The van der Waals surface area contributed by atoms with Crippen LogP contribution in [0.4, 0.5) is 23.4 Å². The van der Waals surface area contributed by atoms with Gasteiger partial charge in [-0.05, 0) is 23.9 Å². The summed E-state index contributed by atoms with van der Waals surface area (Å²) in [6.07, 6.45) is -4.69. The molecule has 2 aromatic rings. The van der Waals surface area contributed by atoms with Crippen LogP contribution in [-0.2, 0) is 6.18 Å². The number of aromatic nitrogens is 1. The van der Waals surface area contributed by atoms with Crippen LogP contribution in [0, 0.1) is 11.3 Å². The maximum absolute atomic E-state index is 13.6. The first-order valence-corrected chi connectivity index (χ1v) is 8.90. The minimum absolute atomic E-state index is 0.173. The maximum atomic E-state index is 13.6. The van der Waals surface area contributed by atoms with Gasteiger partial charge < -0.3 is 5.73 Å². The number of nitriles is 1. The minimum Gasteiger partial charge on any atom is -0.384 e. The molecule has 0 atom stereocenters. The molecule has 3 nitrogen and oxygen atoms in total. The molecule has 140 valence electrons. The maximum Gasteiger partial charge on any atom is 0.416 e. The molecule has 0 radical (unpaired) electrons. The molecule has 1 heterocycles. The van der Waals surface area contributed by atoms with E-state index in [2.05, 4.69) is 0 Å². The highest BCUT2D eigenvalue weighted by Crippen LogP contribution is 2.49. The van der Waals surface area contributed by atoms with Gasteiger partial charge in [0.2, 0.25) is 0 Å². The number of nitrogens with zero attached hydrogens (tertiary/aromatic N) is 2. The third-order valence-corrected chi connectivity index (χ3v) is 5.25. The molecule has 1 aromatic heterocycles. The Morgan fingerprint density at radius 1 is 1.08 bits per heavy atom. The molecule has 0 unspecified atom stereocenters. The van der Waals surface area contributed by atoms with Crippen molar-refractivity contribution in [2.45, 2.75) is 15.0 Å². The van der Waals surface area contributed by atoms with Crippen molar-refractivity contribution in [2.75, 3.05) is 5.73 Å². The number of nitrogen functional groups attached to an aromatic ring is 1. The fourth-order valence-corrected chi connectivity index (χ4v) is 4.18. The Balaban J connectivity index is 2.77. The summed E-state index contributed by atoms with van der Waals surface area (Å²) < 4.78 is 50.2. The number of nitrogens with two attached hydrogens (primary N) is 1. The highest BCUT2D eigenvalue weighted by atomic mass is 35.5. The van der Waals surface area contributed by atoms with Crippen LogP contribution in [0.2, 0.25) is 15.2 Å². The number of hydrogen-bond acceptors (Lipinski definition) is 3. The standard InChI is InChI=1S/C13H4Cl5F4N3S/c14-6-1-4(12(19,20)21)2-7(15)8(6)25-10(16)5(3-23)9(11(25)24)26-13(17,18)22/h1-2H,24H2. The summed E-state index contributed by atoms with van der Waals surface area (Å²) in [7, 11) is 0. The van der Waals surface area contributed by atoms with E-state index in [1.165, 1.54) is 0 Å². The summed E-state index contributed by atoms with van der Waals surface area (Å²) in [5, 5.41) is 7.98. The van der Waals surface area contributed by atoms with E-state index in [0.717, 1.165) is 4.57 Å². The van der Waals surface area contributed by atoms with Crippen molar-refractivity contribution in [1.29, 1.82) is 5.26 Å². The molecule has 0 saturated heterocycles. The molecule has 0 aliphatic heterocycles. The zero-order valence-corrected chi connectivity index (χ0v) is 16.5. The van der Waals surface area contributed by atoms with Crippen LogP contribution in [0.15, 0.2) is 17.0 Å². The number of halogens is 9. The third kappa shape index (κ3) is 4.24. The van der Waals surface area contributed by atoms with Crippen molar-refractivity contribution in [1.82, 2.24) is 4.57 Å². The molecule has 0 amide bonds. The van der Waals surface area contributed by atoms with Crippen LogP contribution in [-0.4, -0.2) is 8.49 Å². The van der Waals surface area contributed by atoms with E-state index in [0.29, 0.717) is 12.1 Å². The van der Waals surface area contributed by atoms with Gasteiger partial charge in [0, 0.05) is 0 Å². The molecule has 2 N–H and O–H groups in total. The topological polar surface area (TPSA) is 54.7 Å². The van der Waals surface area contributed by atoms with Crippen LogP contribution in [0.5, 0.6) is 0 Å². The fraction of sp³-hybridized carbons (Fsp3) is 0.154. The summed E-state index contributed by atoms with van der Waals surface area (Å²) >= 11 is 28.6. The minimum atomic E-state index is -4.69. The van der Waals surface area contributed by atoms with Crippen LogP contribution < -0.4 is 5.73 Å². The zero-order chi connectivity index (χ0) is 20.0. The quantitative estimate of drug-likeness (QED) is 0.286. The predicted octanol–water partition coefficient (Wildman–Crippen LogP) is 7.06. The normalized spacial score (nSPS) is 12.3. The molecule has 26 heavy (non-hydrogen) atoms. The number of rotatable bonds is 3. The Bertz CT molecular complexity index is 891. The summed E-state index contributed by atoms with van der Waals surface area (Å²) in [6, 6.07) is 2.91. The Kier molecular flexibility index (Phi) is 6.13. The van der Waals surface area contributed by atoms with Crippen molar-refractivity contribution in [3.05, 3.63) is 38.5 Å². The van der Waals surface area contributed by atoms with Crippen LogP contribution in [0.3, 0.4) is 0 Å². The number of benzene rings is 1. The lowest BCUT2D eigenvalue weighted by Crippen LogP contribution is -2.08. The second kappa shape index (κ2) is 7.38. The summed E-state index contributed by atoms with van der Waals surface area (Å²) in [5.41, 5.74) is 4.24. The second-order valence-corrected chi connectivity index (χ2v) is 8.69. The average Bonchev–Trinajstić information content (AvgIpc) is 2.68. The smallest absolute Gasteiger partial charge is 0.384 e. The van der Waals surface area contributed by atoms with E-state index in [4.69, 9.17) is 63.7 Å². The first kappa shape index (κ1) is 21.6. The second-order valence-electron chi connectivity index (χ2n) is 4.66. The number of anilines is 1. The van der Waals surface area contributed by atoms with Gasteiger partial charge in [-0.25, -0.2) is 0 Å². The van der Waals surface area contributed by atoms with Crippen LogP contribution >= 0.6 is 69.8 Å². The number of hydrogen-bond donors (Lipinski definition) is 1. The number of alkyl halides is 6. The Hall–Kier alpha value is -0.690. The van der Waals surface area contributed by atoms with Gasteiger partial charge in [0.15, 0.2) is 0 Å². The molecule has 1 aromatic carbocycles. The van der Waals surface area contributed by atoms with Gasteiger partial charge in [0.1, 0.15) is 22.6 Å². The van der Waals surface area contributed by atoms with Crippen molar-refractivity contribution in [2.24, 2.45) is 0 Å². The molecular weight excluding hydrogens is 483 g/mol.